The standard InChI is InChI=1S/C25H22F6N4O/c1-2-34(23-12-16(26)10-11-19(23)28)15-24(36,25(29,30)31)14-32-20-7-5-9-21-17(20)13-33-35(21)22-8-4-3-6-18(22)27/h3-13,32,36H,2,14-15H2,1H3. The van der Waals surface area contributed by atoms with Gasteiger partial charge < -0.3 is 15.3 Å². The Labute approximate surface area is 202 Å². The van der Waals surface area contributed by atoms with Crippen LogP contribution in [0.1, 0.15) is 6.92 Å². The summed E-state index contributed by atoms with van der Waals surface area (Å²) in [6, 6.07) is 13.0. The monoisotopic (exact) mass is 508 g/mol. The SMILES string of the molecule is CCN(CC(O)(CNc1cccc2c1cnn2-c1ccccc1F)C(F)(F)F)c1cc(F)ccc1F. The Morgan fingerprint density at radius 3 is 2.42 bits per heavy atom. The third-order valence-electron chi connectivity index (χ3n) is 5.88. The van der Waals surface area contributed by atoms with Crippen LogP contribution in [0.15, 0.2) is 66.9 Å². The van der Waals surface area contributed by atoms with E-state index in [-0.39, 0.29) is 17.9 Å². The van der Waals surface area contributed by atoms with Crippen molar-refractivity contribution in [3.63, 3.8) is 0 Å². The van der Waals surface area contributed by atoms with E-state index < -0.39 is 48.0 Å². The van der Waals surface area contributed by atoms with Gasteiger partial charge in [-0.2, -0.15) is 18.3 Å². The number of fused-ring (bicyclic) bond motifs is 1. The highest BCUT2D eigenvalue weighted by molar-refractivity contribution is 5.92. The first-order valence-corrected chi connectivity index (χ1v) is 11.0. The molecule has 0 saturated carbocycles. The fourth-order valence-corrected chi connectivity index (χ4v) is 3.92. The van der Waals surface area contributed by atoms with Crippen LogP contribution in [0.25, 0.3) is 16.6 Å². The molecule has 36 heavy (non-hydrogen) atoms. The van der Waals surface area contributed by atoms with Crippen molar-refractivity contribution in [1.82, 2.24) is 9.78 Å². The molecular formula is C25H22F6N4O. The molecule has 3 aromatic carbocycles. The molecule has 0 bridgehead atoms. The van der Waals surface area contributed by atoms with E-state index in [1.807, 2.05) is 0 Å². The van der Waals surface area contributed by atoms with Crippen LogP contribution >= 0.6 is 0 Å². The molecular weight excluding hydrogens is 486 g/mol. The lowest BCUT2D eigenvalue weighted by Gasteiger charge is -2.36. The number of aliphatic hydroxyl groups is 1. The van der Waals surface area contributed by atoms with E-state index >= 15 is 0 Å². The Morgan fingerprint density at radius 2 is 1.72 bits per heavy atom. The number of rotatable bonds is 8. The Balaban J connectivity index is 1.64. The van der Waals surface area contributed by atoms with E-state index in [4.69, 9.17) is 0 Å². The zero-order valence-electron chi connectivity index (χ0n) is 19.0. The summed E-state index contributed by atoms with van der Waals surface area (Å²) >= 11 is 0. The fourth-order valence-electron chi connectivity index (χ4n) is 3.92. The molecule has 0 spiro atoms. The molecule has 0 amide bonds. The fraction of sp³-hybridized carbons (Fsp3) is 0.240. The van der Waals surface area contributed by atoms with Gasteiger partial charge in [0.2, 0.25) is 0 Å². The van der Waals surface area contributed by atoms with Crippen molar-refractivity contribution in [2.75, 3.05) is 29.9 Å². The molecule has 0 saturated heterocycles. The number of anilines is 2. The smallest absolute Gasteiger partial charge is 0.381 e. The zero-order valence-corrected chi connectivity index (χ0v) is 19.0. The number of aromatic nitrogens is 2. The van der Waals surface area contributed by atoms with Crippen LogP contribution in [0, 0.1) is 17.5 Å². The first-order valence-electron chi connectivity index (χ1n) is 11.0. The number of likely N-dealkylation sites (N-methyl/N-ethyl adjacent to an activating group) is 1. The first-order chi connectivity index (χ1) is 17.0. The molecule has 5 nitrogen and oxygen atoms in total. The van der Waals surface area contributed by atoms with Crippen molar-refractivity contribution in [3.8, 4) is 5.69 Å². The maximum atomic E-state index is 14.3. The summed E-state index contributed by atoms with van der Waals surface area (Å²) in [5.74, 6) is -2.27. The molecule has 1 heterocycles. The molecule has 190 valence electrons. The van der Waals surface area contributed by atoms with Crippen LogP contribution in [0.5, 0.6) is 0 Å². The predicted molar refractivity (Wildman–Crippen MR) is 125 cm³/mol. The topological polar surface area (TPSA) is 53.3 Å². The van der Waals surface area contributed by atoms with Gasteiger partial charge in [0.1, 0.15) is 23.1 Å². The molecule has 0 radical (unpaired) electrons. The second-order valence-corrected chi connectivity index (χ2v) is 8.24. The molecule has 1 atom stereocenters. The number of halogens is 6. The lowest BCUT2D eigenvalue weighted by Crippen LogP contribution is -2.58. The summed E-state index contributed by atoms with van der Waals surface area (Å²) in [5.41, 5.74) is -2.91. The molecule has 0 aliphatic heterocycles. The summed E-state index contributed by atoms with van der Waals surface area (Å²) in [5, 5.41) is 17.9. The van der Waals surface area contributed by atoms with Gasteiger partial charge in [-0.3, -0.25) is 0 Å². The summed E-state index contributed by atoms with van der Waals surface area (Å²) in [6.07, 6.45) is -3.74. The van der Waals surface area contributed by atoms with E-state index in [1.165, 1.54) is 42.1 Å². The second kappa shape index (κ2) is 9.73. The third kappa shape index (κ3) is 4.83. The van der Waals surface area contributed by atoms with Crippen LogP contribution in [-0.2, 0) is 0 Å². The van der Waals surface area contributed by atoms with Gasteiger partial charge >= 0.3 is 6.18 Å². The molecule has 1 aromatic heterocycles. The van der Waals surface area contributed by atoms with Crippen LogP contribution in [0.2, 0.25) is 0 Å². The van der Waals surface area contributed by atoms with E-state index in [2.05, 4.69) is 10.4 Å². The van der Waals surface area contributed by atoms with Crippen LogP contribution in [0.4, 0.5) is 37.7 Å². The zero-order chi connectivity index (χ0) is 26.1. The van der Waals surface area contributed by atoms with Crippen molar-refractivity contribution in [2.45, 2.75) is 18.7 Å². The highest BCUT2D eigenvalue weighted by Crippen LogP contribution is 2.35. The van der Waals surface area contributed by atoms with Gasteiger partial charge in [0, 0.05) is 23.7 Å². The average Bonchev–Trinajstić information content (AvgIpc) is 3.27. The lowest BCUT2D eigenvalue weighted by molar-refractivity contribution is -0.250. The minimum absolute atomic E-state index is 0.121. The molecule has 2 N–H and O–H groups in total. The van der Waals surface area contributed by atoms with Crippen LogP contribution < -0.4 is 10.2 Å². The highest BCUT2D eigenvalue weighted by Gasteiger charge is 2.54. The highest BCUT2D eigenvalue weighted by atomic mass is 19.4. The van der Waals surface area contributed by atoms with Gasteiger partial charge in [-0.1, -0.05) is 18.2 Å². The van der Waals surface area contributed by atoms with Gasteiger partial charge in [-0.05, 0) is 43.3 Å². The van der Waals surface area contributed by atoms with Gasteiger partial charge in [0.25, 0.3) is 0 Å². The minimum Gasteiger partial charge on any atom is -0.381 e. The number of para-hydroxylation sites is 1. The Kier molecular flexibility index (Phi) is 6.85. The number of nitrogens with one attached hydrogen (secondary N) is 1. The second-order valence-electron chi connectivity index (χ2n) is 8.24. The number of hydrogen-bond donors (Lipinski definition) is 2. The van der Waals surface area contributed by atoms with Crippen molar-refractivity contribution >= 4 is 22.3 Å². The number of alkyl halides is 3. The summed E-state index contributed by atoms with van der Waals surface area (Å²) in [7, 11) is 0. The number of nitrogens with zero attached hydrogens (tertiary/aromatic N) is 3. The molecule has 0 aliphatic rings. The van der Waals surface area contributed by atoms with Gasteiger partial charge in [0.05, 0.1) is 30.5 Å². The van der Waals surface area contributed by atoms with E-state index in [0.29, 0.717) is 10.9 Å². The maximum Gasteiger partial charge on any atom is 0.420 e. The van der Waals surface area contributed by atoms with E-state index in [1.54, 1.807) is 18.2 Å². The van der Waals surface area contributed by atoms with E-state index in [9.17, 15) is 31.4 Å². The molecule has 0 fully saturated rings. The van der Waals surface area contributed by atoms with Gasteiger partial charge in [-0.25, -0.2) is 17.9 Å². The number of benzene rings is 3. The van der Waals surface area contributed by atoms with Crippen molar-refractivity contribution in [2.24, 2.45) is 0 Å². The molecule has 4 aromatic rings. The molecule has 11 heteroatoms. The average molecular weight is 508 g/mol. The minimum atomic E-state index is -5.11. The molecule has 0 aliphatic carbocycles. The summed E-state index contributed by atoms with van der Waals surface area (Å²) in [6.45, 7) is -0.699. The van der Waals surface area contributed by atoms with Gasteiger partial charge in [0.15, 0.2) is 5.60 Å². The van der Waals surface area contributed by atoms with Crippen LogP contribution in [-0.4, -0.2) is 46.3 Å². The van der Waals surface area contributed by atoms with Crippen LogP contribution in [0.3, 0.4) is 0 Å². The largest absolute Gasteiger partial charge is 0.420 e. The number of hydrogen-bond acceptors (Lipinski definition) is 4. The summed E-state index contributed by atoms with van der Waals surface area (Å²) in [4.78, 5) is 0.921. The van der Waals surface area contributed by atoms with Crippen molar-refractivity contribution in [3.05, 3.63) is 84.3 Å². The predicted octanol–water partition coefficient (Wildman–Crippen LogP) is 5.67. The van der Waals surface area contributed by atoms with E-state index in [0.717, 1.165) is 23.1 Å². The summed E-state index contributed by atoms with van der Waals surface area (Å²) < 4.78 is 85.6. The Bertz CT molecular complexity index is 1370. The van der Waals surface area contributed by atoms with Crippen molar-refractivity contribution in [1.29, 1.82) is 0 Å². The maximum absolute atomic E-state index is 14.3. The normalized spacial score (nSPS) is 13.6. The Hall–Kier alpha value is -3.73. The van der Waals surface area contributed by atoms with Gasteiger partial charge in [-0.15, -0.1) is 0 Å². The Morgan fingerprint density at radius 1 is 0.972 bits per heavy atom. The molecule has 4 rings (SSSR count). The molecule has 1 unspecified atom stereocenters. The first kappa shape index (κ1) is 25.4. The van der Waals surface area contributed by atoms with Crippen molar-refractivity contribution < 1.29 is 31.4 Å². The lowest BCUT2D eigenvalue weighted by atomic mass is 10.0. The quantitative estimate of drug-likeness (QED) is 0.301. The third-order valence-corrected chi connectivity index (χ3v) is 5.88.